The van der Waals surface area contributed by atoms with Crippen molar-refractivity contribution in [3.63, 3.8) is 0 Å². The summed E-state index contributed by atoms with van der Waals surface area (Å²) < 4.78 is 0. The molecule has 0 aliphatic rings. The molecule has 7 heteroatoms. The summed E-state index contributed by atoms with van der Waals surface area (Å²) in [6.45, 7) is 0.237. The molecule has 18 heavy (non-hydrogen) atoms. The molecule has 0 fully saturated rings. The lowest BCUT2D eigenvalue weighted by Gasteiger charge is -2.10. The Kier molecular flexibility index (Phi) is 4.91. The highest BCUT2D eigenvalue weighted by Gasteiger charge is 2.12. The number of nitrogens with zero attached hydrogens (tertiary/aromatic N) is 2. The van der Waals surface area contributed by atoms with Gasteiger partial charge in [0.2, 0.25) is 5.91 Å². The highest BCUT2D eigenvalue weighted by atomic mass is 35.5. The van der Waals surface area contributed by atoms with Crippen molar-refractivity contribution >= 4 is 29.1 Å². The van der Waals surface area contributed by atoms with Crippen molar-refractivity contribution in [3.05, 3.63) is 23.0 Å². The molecule has 98 valence electrons. The number of hydrogen-bond donors (Lipinski definition) is 2. The van der Waals surface area contributed by atoms with E-state index in [1.165, 1.54) is 17.2 Å². The van der Waals surface area contributed by atoms with E-state index < -0.39 is 5.91 Å². The fourth-order valence-electron chi connectivity index (χ4n) is 1.23. The zero-order chi connectivity index (χ0) is 13.7. The van der Waals surface area contributed by atoms with Crippen LogP contribution < -0.4 is 11.1 Å². The quantitative estimate of drug-likeness (QED) is 0.781. The number of nitrogens with one attached hydrogen (secondary N) is 1. The smallest absolute Gasteiger partial charge is 0.254 e. The fraction of sp³-hybridized carbons (Fsp3) is 0.364. The molecule has 0 atom stereocenters. The van der Waals surface area contributed by atoms with Crippen LogP contribution in [0.4, 0.5) is 5.69 Å². The predicted octanol–water partition coefficient (Wildman–Crippen LogP) is 0.525. The van der Waals surface area contributed by atoms with Crippen molar-refractivity contribution in [1.82, 2.24) is 15.2 Å². The Labute approximate surface area is 110 Å². The topological polar surface area (TPSA) is 88.3 Å². The number of halogens is 1. The van der Waals surface area contributed by atoms with E-state index in [1.807, 2.05) is 0 Å². The monoisotopic (exact) mass is 270 g/mol. The lowest BCUT2D eigenvalue weighted by Crippen LogP contribution is -2.30. The largest absolute Gasteiger partial charge is 0.397 e. The van der Waals surface area contributed by atoms with Crippen LogP contribution in [0.1, 0.15) is 16.8 Å². The third-order valence-electron chi connectivity index (χ3n) is 2.23. The van der Waals surface area contributed by atoms with Crippen LogP contribution in [0.25, 0.3) is 0 Å². The first-order valence-corrected chi connectivity index (χ1v) is 5.69. The first kappa shape index (κ1) is 14.2. The minimum absolute atomic E-state index is 0.0629. The average molecular weight is 271 g/mol. The van der Waals surface area contributed by atoms with E-state index in [1.54, 1.807) is 14.1 Å². The number of carbonyl (C=O) groups is 2. The van der Waals surface area contributed by atoms with E-state index in [9.17, 15) is 9.59 Å². The van der Waals surface area contributed by atoms with Gasteiger partial charge in [0.05, 0.1) is 17.4 Å². The van der Waals surface area contributed by atoms with Crippen LogP contribution in [0.15, 0.2) is 12.3 Å². The number of amides is 2. The lowest BCUT2D eigenvalue weighted by molar-refractivity contribution is -0.128. The Morgan fingerprint density at radius 1 is 1.50 bits per heavy atom. The summed E-state index contributed by atoms with van der Waals surface area (Å²) in [4.78, 5) is 28.3. The first-order chi connectivity index (χ1) is 8.41. The van der Waals surface area contributed by atoms with Gasteiger partial charge in [-0.2, -0.15) is 0 Å². The van der Waals surface area contributed by atoms with Crippen LogP contribution in [0.3, 0.4) is 0 Å². The Bertz CT molecular complexity index is 462. The van der Waals surface area contributed by atoms with E-state index in [2.05, 4.69) is 10.3 Å². The van der Waals surface area contributed by atoms with Crippen molar-refractivity contribution in [2.45, 2.75) is 6.42 Å². The summed E-state index contributed by atoms with van der Waals surface area (Å²) >= 11 is 5.78. The van der Waals surface area contributed by atoms with E-state index in [-0.39, 0.29) is 29.6 Å². The van der Waals surface area contributed by atoms with E-state index in [0.29, 0.717) is 5.69 Å². The Morgan fingerprint density at radius 2 is 2.17 bits per heavy atom. The molecule has 6 nitrogen and oxygen atoms in total. The lowest BCUT2D eigenvalue weighted by atomic mass is 10.2. The molecule has 0 aliphatic heterocycles. The molecular weight excluding hydrogens is 256 g/mol. The summed E-state index contributed by atoms with van der Waals surface area (Å²) in [7, 11) is 3.31. The second kappa shape index (κ2) is 6.20. The van der Waals surface area contributed by atoms with Gasteiger partial charge in [0.25, 0.3) is 5.91 Å². The SMILES string of the molecule is CN(C)C(=O)CCNC(=O)c1cc(N)cnc1Cl. The number of hydrogen-bond acceptors (Lipinski definition) is 4. The molecule has 1 rings (SSSR count). The summed E-state index contributed by atoms with van der Waals surface area (Å²) in [6.07, 6.45) is 1.60. The second-order valence-corrected chi connectivity index (χ2v) is 4.26. The second-order valence-electron chi connectivity index (χ2n) is 3.90. The maximum absolute atomic E-state index is 11.8. The van der Waals surface area contributed by atoms with Crippen molar-refractivity contribution in [2.24, 2.45) is 0 Å². The predicted molar refractivity (Wildman–Crippen MR) is 69.3 cm³/mol. The molecule has 0 radical (unpaired) electrons. The zero-order valence-electron chi connectivity index (χ0n) is 10.2. The van der Waals surface area contributed by atoms with Gasteiger partial charge in [0, 0.05) is 27.1 Å². The van der Waals surface area contributed by atoms with Crippen molar-refractivity contribution < 1.29 is 9.59 Å². The molecule has 3 N–H and O–H groups in total. The normalized spacial score (nSPS) is 9.94. The van der Waals surface area contributed by atoms with Crippen LogP contribution in [0.2, 0.25) is 5.15 Å². The molecule has 1 aromatic heterocycles. The van der Waals surface area contributed by atoms with Gasteiger partial charge in [-0.15, -0.1) is 0 Å². The fourth-order valence-corrected chi connectivity index (χ4v) is 1.41. The highest BCUT2D eigenvalue weighted by molar-refractivity contribution is 6.32. The standard InChI is InChI=1S/C11H15ClN4O2/c1-16(2)9(17)3-4-14-11(18)8-5-7(13)6-15-10(8)12/h5-6H,3-4,13H2,1-2H3,(H,14,18). The number of nitrogens with two attached hydrogens (primary N) is 1. The molecule has 0 spiro atoms. The molecular formula is C11H15ClN4O2. The van der Waals surface area contributed by atoms with Gasteiger partial charge in [-0.3, -0.25) is 9.59 Å². The third-order valence-corrected chi connectivity index (χ3v) is 2.53. The van der Waals surface area contributed by atoms with Gasteiger partial charge in [-0.25, -0.2) is 4.98 Å². The number of rotatable bonds is 4. The molecule has 0 saturated carbocycles. The first-order valence-electron chi connectivity index (χ1n) is 5.31. The minimum Gasteiger partial charge on any atom is -0.397 e. The zero-order valence-corrected chi connectivity index (χ0v) is 11.0. The van der Waals surface area contributed by atoms with Crippen molar-refractivity contribution in [3.8, 4) is 0 Å². The molecule has 0 aliphatic carbocycles. The van der Waals surface area contributed by atoms with Gasteiger partial charge in [-0.05, 0) is 6.07 Å². The van der Waals surface area contributed by atoms with Gasteiger partial charge in [0.15, 0.2) is 0 Å². The summed E-state index contributed by atoms with van der Waals surface area (Å²) in [5.41, 5.74) is 6.08. The number of aromatic nitrogens is 1. The minimum atomic E-state index is -0.397. The van der Waals surface area contributed by atoms with Crippen LogP contribution >= 0.6 is 11.6 Å². The maximum Gasteiger partial charge on any atom is 0.254 e. The molecule has 2 amide bonds. The number of nitrogen functional groups attached to an aromatic ring is 1. The van der Waals surface area contributed by atoms with Crippen molar-refractivity contribution in [2.75, 3.05) is 26.4 Å². The third kappa shape index (κ3) is 3.89. The number of pyridine rings is 1. The Morgan fingerprint density at radius 3 is 2.78 bits per heavy atom. The van der Waals surface area contributed by atoms with Gasteiger partial charge >= 0.3 is 0 Å². The molecule has 0 unspecified atom stereocenters. The van der Waals surface area contributed by atoms with Gasteiger partial charge in [-0.1, -0.05) is 11.6 Å². The van der Waals surface area contributed by atoms with E-state index in [0.717, 1.165) is 0 Å². The molecule has 0 bridgehead atoms. The summed E-state index contributed by atoms with van der Waals surface area (Å²) in [5, 5.41) is 2.67. The van der Waals surface area contributed by atoms with Crippen LogP contribution in [-0.2, 0) is 4.79 Å². The van der Waals surface area contributed by atoms with Gasteiger partial charge in [0.1, 0.15) is 5.15 Å². The van der Waals surface area contributed by atoms with E-state index in [4.69, 9.17) is 17.3 Å². The van der Waals surface area contributed by atoms with Crippen molar-refractivity contribution in [1.29, 1.82) is 0 Å². The summed E-state index contributed by atoms with van der Waals surface area (Å²) in [5.74, 6) is -0.460. The van der Waals surface area contributed by atoms with Crippen LogP contribution in [-0.4, -0.2) is 42.3 Å². The molecule has 1 aromatic rings. The maximum atomic E-state index is 11.8. The highest BCUT2D eigenvalue weighted by Crippen LogP contribution is 2.15. The molecule has 1 heterocycles. The Hall–Kier alpha value is -1.82. The molecule has 0 saturated heterocycles. The van der Waals surface area contributed by atoms with Crippen LogP contribution in [0, 0.1) is 0 Å². The van der Waals surface area contributed by atoms with Crippen LogP contribution in [0.5, 0.6) is 0 Å². The average Bonchev–Trinajstić information content (AvgIpc) is 2.31. The Balaban J connectivity index is 2.56. The van der Waals surface area contributed by atoms with E-state index >= 15 is 0 Å². The number of carbonyl (C=O) groups excluding carboxylic acids is 2. The van der Waals surface area contributed by atoms with Gasteiger partial charge < -0.3 is 16.0 Å². The number of anilines is 1. The molecule has 0 aromatic carbocycles. The summed E-state index contributed by atoms with van der Waals surface area (Å²) in [6, 6.07) is 1.44.